The zero-order valence-electron chi connectivity index (χ0n) is 13.7. The molecule has 1 aromatic rings. The summed E-state index contributed by atoms with van der Waals surface area (Å²) >= 11 is 0. The van der Waals surface area contributed by atoms with Gasteiger partial charge in [0.05, 0.1) is 7.11 Å². The fourth-order valence-electron chi connectivity index (χ4n) is 2.43. The van der Waals surface area contributed by atoms with Gasteiger partial charge in [-0.05, 0) is 32.0 Å². The molecule has 124 valence electrons. The Hall–Kier alpha value is -1.75. The van der Waals surface area contributed by atoms with Gasteiger partial charge in [0.25, 0.3) is 0 Å². The Morgan fingerprint density at radius 1 is 1.23 bits per heavy atom. The van der Waals surface area contributed by atoms with Gasteiger partial charge >= 0.3 is 6.09 Å². The van der Waals surface area contributed by atoms with Crippen LogP contribution in [0.4, 0.5) is 4.79 Å². The SMILES string of the molecule is CCN(CCCCCCNC(=O)O)Cc1ccccc1OC. The van der Waals surface area contributed by atoms with Crippen molar-refractivity contribution in [2.75, 3.05) is 26.7 Å². The minimum Gasteiger partial charge on any atom is -0.496 e. The van der Waals surface area contributed by atoms with Crippen molar-refractivity contribution in [1.82, 2.24) is 10.2 Å². The van der Waals surface area contributed by atoms with Crippen molar-refractivity contribution >= 4 is 6.09 Å². The Balaban J connectivity index is 2.23. The molecule has 0 aliphatic heterocycles. The zero-order chi connectivity index (χ0) is 16.2. The summed E-state index contributed by atoms with van der Waals surface area (Å²) in [4.78, 5) is 12.7. The van der Waals surface area contributed by atoms with E-state index in [1.165, 1.54) is 5.56 Å². The smallest absolute Gasteiger partial charge is 0.404 e. The number of nitrogens with zero attached hydrogens (tertiary/aromatic N) is 1. The van der Waals surface area contributed by atoms with Gasteiger partial charge in [0, 0.05) is 18.7 Å². The number of methoxy groups -OCH3 is 1. The molecular formula is C17H28N2O3. The Morgan fingerprint density at radius 3 is 2.64 bits per heavy atom. The topological polar surface area (TPSA) is 61.8 Å². The maximum Gasteiger partial charge on any atom is 0.404 e. The maximum absolute atomic E-state index is 10.3. The highest BCUT2D eigenvalue weighted by atomic mass is 16.5. The molecule has 0 fully saturated rings. The molecule has 0 heterocycles. The summed E-state index contributed by atoms with van der Waals surface area (Å²) in [7, 11) is 1.71. The summed E-state index contributed by atoms with van der Waals surface area (Å²) in [5, 5.41) is 10.9. The molecule has 0 spiro atoms. The molecule has 0 bridgehead atoms. The van der Waals surface area contributed by atoms with E-state index in [4.69, 9.17) is 9.84 Å². The standard InChI is InChI=1S/C17H28N2O3/c1-3-19(13-9-5-4-8-12-18-17(20)21)14-15-10-6-7-11-16(15)22-2/h6-7,10-11,18H,3-5,8-9,12-14H2,1-2H3,(H,20,21). The molecule has 5 heteroatoms. The van der Waals surface area contributed by atoms with Crippen LogP contribution in [0.25, 0.3) is 0 Å². The molecule has 5 nitrogen and oxygen atoms in total. The van der Waals surface area contributed by atoms with Gasteiger partial charge in [-0.1, -0.05) is 38.0 Å². The fraction of sp³-hybridized carbons (Fsp3) is 0.588. The molecule has 2 N–H and O–H groups in total. The number of nitrogens with one attached hydrogen (secondary N) is 1. The van der Waals surface area contributed by atoms with Crippen molar-refractivity contribution in [3.05, 3.63) is 29.8 Å². The van der Waals surface area contributed by atoms with Crippen LogP contribution in [-0.4, -0.2) is 42.8 Å². The van der Waals surface area contributed by atoms with Crippen LogP contribution in [0.2, 0.25) is 0 Å². The van der Waals surface area contributed by atoms with Gasteiger partial charge in [0.1, 0.15) is 5.75 Å². The summed E-state index contributed by atoms with van der Waals surface area (Å²) in [5.41, 5.74) is 1.22. The first-order chi connectivity index (χ1) is 10.7. The second-order valence-electron chi connectivity index (χ2n) is 5.33. The molecule has 1 amide bonds. The number of carboxylic acid groups (broad SMARTS) is 1. The zero-order valence-corrected chi connectivity index (χ0v) is 13.7. The van der Waals surface area contributed by atoms with E-state index in [-0.39, 0.29) is 0 Å². The molecule has 0 aromatic heterocycles. The molecule has 0 aliphatic carbocycles. The number of para-hydroxylation sites is 1. The summed E-state index contributed by atoms with van der Waals surface area (Å²) in [6, 6.07) is 8.14. The Morgan fingerprint density at radius 2 is 1.95 bits per heavy atom. The first kappa shape index (κ1) is 18.3. The third kappa shape index (κ3) is 7.31. The largest absolute Gasteiger partial charge is 0.496 e. The van der Waals surface area contributed by atoms with Crippen molar-refractivity contribution in [1.29, 1.82) is 0 Å². The Kier molecular flexibility index (Phi) is 9.07. The summed E-state index contributed by atoms with van der Waals surface area (Å²) in [6.07, 6.45) is 3.30. The highest BCUT2D eigenvalue weighted by Gasteiger charge is 2.07. The first-order valence-electron chi connectivity index (χ1n) is 7.98. The second-order valence-corrected chi connectivity index (χ2v) is 5.33. The van der Waals surface area contributed by atoms with Crippen molar-refractivity contribution in [3.63, 3.8) is 0 Å². The Labute approximate surface area is 133 Å². The number of rotatable bonds is 11. The predicted octanol–water partition coefficient (Wildman–Crippen LogP) is 3.35. The molecule has 0 aliphatic rings. The monoisotopic (exact) mass is 308 g/mol. The van der Waals surface area contributed by atoms with Crippen molar-refractivity contribution in [2.24, 2.45) is 0 Å². The lowest BCUT2D eigenvalue weighted by atomic mass is 10.1. The average Bonchev–Trinajstić information content (AvgIpc) is 2.52. The van der Waals surface area contributed by atoms with Crippen LogP contribution in [0.1, 0.15) is 38.2 Å². The number of hydrogen-bond donors (Lipinski definition) is 2. The molecular weight excluding hydrogens is 280 g/mol. The quantitative estimate of drug-likeness (QED) is 0.615. The number of unbranched alkanes of at least 4 members (excludes halogenated alkanes) is 3. The van der Waals surface area contributed by atoms with Gasteiger partial charge in [-0.15, -0.1) is 0 Å². The number of ether oxygens (including phenoxy) is 1. The van der Waals surface area contributed by atoms with Crippen LogP contribution in [0, 0.1) is 0 Å². The Bertz CT molecular complexity index is 438. The number of benzene rings is 1. The summed E-state index contributed by atoms with van der Waals surface area (Å²) < 4.78 is 5.40. The van der Waals surface area contributed by atoms with Crippen LogP contribution in [0.3, 0.4) is 0 Å². The average molecular weight is 308 g/mol. The van der Waals surface area contributed by atoms with E-state index in [1.807, 2.05) is 18.2 Å². The van der Waals surface area contributed by atoms with Crippen LogP contribution < -0.4 is 10.1 Å². The van der Waals surface area contributed by atoms with Crippen molar-refractivity contribution in [3.8, 4) is 5.75 Å². The van der Waals surface area contributed by atoms with Gasteiger partial charge in [0.15, 0.2) is 0 Å². The van der Waals surface area contributed by atoms with Crippen LogP contribution in [0.5, 0.6) is 5.75 Å². The normalized spacial score (nSPS) is 10.7. The maximum atomic E-state index is 10.3. The van der Waals surface area contributed by atoms with E-state index < -0.39 is 6.09 Å². The van der Waals surface area contributed by atoms with E-state index in [9.17, 15) is 4.79 Å². The lowest BCUT2D eigenvalue weighted by Crippen LogP contribution is -2.24. The van der Waals surface area contributed by atoms with E-state index >= 15 is 0 Å². The third-order valence-electron chi connectivity index (χ3n) is 3.71. The summed E-state index contributed by atoms with van der Waals surface area (Å²) in [5.74, 6) is 0.945. The minimum atomic E-state index is -0.936. The van der Waals surface area contributed by atoms with Crippen molar-refractivity contribution in [2.45, 2.75) is 39.2 Å². The number of amides is 1. The van der Waals surface area contributed by atoms with Crippen LogP contribution in [0.15, 0.2) is 24.3 Å². The van der Waals surface area contributed by atoms with Crippen LogP contribution >= 0.6 is 0 Å². The van der Waals surface area contributed by atoms with Gasteiger partial charge < -0.3 is 15.2 Å². The van der Waals surface area contributed by atoms with E-state index in [0.717, 1.165) is 51.1 Å². The lowest BCUT2D eigenvalue weighted by molar-refractivity contribution is 0.194. The molecule has 0 saturated heterocycles. The van der Waals surface area contributed by atoms with Gasteiger partial charge in [-0.25, -0.2) is 4.79 Å². The van der Waals surface area contributed by atoms with E-state index in [0.29, 0.717) is 6.54 Å². The minimum absolute atomic E-state index is 0.550. The van der Waals surface area contributed by atoms with E-state index in [1.54, 1.807) is 7.11 Å². The first-order valence-corrected chi connectivity index (χ1v) is 7.98. The third-order valence-corrected chi connectivity index (χ3v) is 3.71. The lowest BCUT2D eigenvalue weighted by Gasteiger charge is -2.21. The van der Waals surface area contributed by atoms with Gasteiger partial charge in [-0.3, -0.25) is 4.90 Å². The van der Waals surface area contributed by atoms with E-state index in [2.05, 4.69) is 23.2 Å². The fourth-order valence-corrected chi connectivity index (χ4v) is 2.43. The molecule has 1 rings (SSSR count). The molecule has 0 unspecified atom stereocenters. The molecule has 0 radical (unpaired) electrons. The predicted molar refractivity (Wildman–Crippen MR) is 88.4 cm³/mol. The van der Waals surface area contributed by atoms with Crippen molar-refractivity contribution < 1.29 is 14.6 Å². The highest BCUT2D eigenvalue weighted by Crippen LogP contribution is 2.19. The molecule has 22 heavy (non-hydrogen) atoms. The summed E-state index contributed by atoms with van der Waals surface area (Å²) in [6.45, 7) is 5.70. The number of carbonyl (C=O) groups is 1. The van der Waals surface area contributed by atoms with Gasteiger partial charge in [-0.2, -0.15) is 0 Å². The second kappa shape index (κ2) is 10.9. The highest BCUT2D eigenvalue weighted by molar-refractivity contribution is 5.64. The molecule has 0 atom stereocenters. The number of hydrogen-bond acceptors (Lipinski definition) is 3. The molecule has 1 aromatic carbocycles. The van der Waals surface area contributed by atoms with Crippen LogP contribution in [-0.2, 0) is 6.54 Å². The van der Waals surface area contributed by atoms with Gasteiger partial charge in [0.2, 0.25) is 0 Å². The molecule has 0 saturated carbocycles.